The van der Waals surface area contributed by atoms with Gasteiger partial charge in [0.2, 0.25) is 0 Å². The van der Waals surface area contributed by atoms with E-state index in [9.17, 15) is 0 Å². The van der Waals surface area contributed by atoms with Crippen LogP contribution in [0.5, 0.6) is 5.75 Å². The highest BCUT2D eigenvalue weighted by atomic mass is 79.9. The van der Waals surface area contributed by atoms with Crippen LogP contribution in [0.4, 0.5) is 0 Å². The van der Waals surface area contributed by atoms with Gasteiger partial charge in [0.25, 0.3) is 0 Å². The maximum absolute atomic E-state index is 5.87. The molecule has 1 aliphatic carbocycles. The first-order valence-corrected chi connectivity index (χ1v) is 8.12. The van der Waals surface area contributed by atoms with Crippen LogP contribution >= 0.6 is 15.9 Å². The molecule has 0 saturated heterocycles. The Bertz CT molecular complexity index is 390. The van der Waals surface area contributed by atoms with Crippen molar-refractivity contribution in [1.29, 1.82) is 0 Å². The molecule has 1 aromatic rings. The zero-order valence-corrected chi connectivity index (χ0v) is 13.3. The van der Waals surface area contributed by atoms with Crippen molar-refractivity contribution in [2.24, 2.45) is 5.41 Å². The Kier molecular flexibility index (Phi) is 5.71. The molecule has 1 saturated carbocycles. The lowest BCUT2D eigenvalue weighted by Gasteiger charge is -2.42. The normalized spacial score (nSPS) is 16.9. The summed E-state index contributed by atoms with van der Waals surface area (Å²) in [5, 5.41) is 3.57. The molecule has 2 rings (SSSR count). The van der Waals surface area contributed by atoms with E-state index >= 15 is 0 Å². The maximum Gasteiger partial charge on any atom is 0.120 e. The van der Waals surface area contributed by atoms with E-state index in [2.05, 4.69) is 28.2 Å². The molecule has 0 atom stereocenters. The van der Waals surface area contributed by atoms with E-state index in [0.717, 1.165) is 36.3 Å². The van der Waals surface area contributed by atoms with Crippen LogP contribution in [0, 0.1) is 5.41 Å². The minimum absolute atomic E-state index is 0.501. The molecule has 0 bridgehead atoms. The van der Waals surface area contributed by atoms with Gasteiger partial charge >= 0.3 is 0 Å². The molecule has 0 aliphatic heterocycles. The highest BCUT2D eigenvalue weighted by molar-refractivity contribution is 9.10. The summed E-state index contributed by atoms with van der Waals surface area (Å²) in [6, 6.07) is 8.09. The van der Waals surface area contributed by atoms with Gasteiger partial charge in [-0.2, -0.15) is 0 Å². The molecule has 3 heteroatoms. The van der Waals surface area contributed by atoms with Gasteiger partial charge < -0.3 is 10.1 Å². The smallest absolute Gasteiger partial charge is 0.120 e. The van der Waals surface area contributed by atoms with Crippen molar-refractivity contribution in [3.8, 4) is 5.75 Å². The molecule has 19 heavy (non-hydrogen) atoms. The monoisotopic (exact) mass is 325 g/mol. The predicted molar refractivity (Wildman–Crippen MR) is 83.7 cm³/mol. The molecule has 0 heterocycles. The lowest BCUT2D eigenvalue weighted by molar-refractivity contribution is 0.0923. The predicted octanol–water partition coefficient (Wildman–Crippen LogP) is 4.39. The van der Waals surface area contributed by atoms with Gasteiger partial charge in [-0.25, -0.2) is 0 Å². The zero-order valence-electron chi connectivity index (χ0n) is 11.8. The van der Waals surface area contributed by atoms with E-state index in [4.69, 9.17) is 4.74 Å². The molecule has 106 valence electrons. The van der Waals surface area contributed by atoms with Crippen LogP contribution in [-0.4, -0.2) is 19.7 Å². The van der Waals surface area contributed by atoms with Crippen LogP contribution in [0.1, 0.15) is 39.0 Å². The van der Waals surface area contributed by atoms with Gasteiger partial charge in [-0.15, -0.1) is 0 Å². The van der Waals surface area contributed by atoms with Gasteiger partial charge in [-0.3, -0.25) is 0 Å². The average molecular weight is 326 g/mol. The second kappa shape index (κ2) is 7.30. The van der Waals surface area contributed by atoms with Gasteiger partial charge in [-0.05, 0) is 55.8 Å². The van der Waals surface area contributed by atoms with Crippen molar-refractivity contribution < 1.29 is 4.74 Å². The Morgan fingerprint density at radius 3 is 2.84 bits per heavy atom. The fraction of sp³-hybridized carbons (Fsp3) is 0.625. The third kappa shape index (κ3) is 4.50. The second-order valence-corrected chi connectivity index (χ2v) is 6.50. The Balaban J connectivity index is 1.74. The minimum Gasteiger partial charge on any atom is -0.494 e. The van der Waals surface area contributed by atoms with Crippen LogP contribution in [0.15, 0.2) is 28.7 Å². The second-order valence-electron chi connectivity index (χ2n) is 5.59. The molecule has 0 radical (unpaired) electrons. The van der Waals surface area contributed by atoms with Crippen LogP contribution in [0.25, 0.3) is 0 Å². The number of halogens is 1. The number of nitrogens with one attached hydrogen (secondary N) is 1. The molecule has 0 unspecified atom stereocenters. The Morgan fingerprint density at radius 1 is 1.37 bits per heavy atom. The molecule has 0 amide bonds. The van der Waals surface area contributed by atoms with E-state index in [0.29, 0.717) is 5.41 Å². The minimum atomic E-state index is 0.501. The molecule has 1 aliphatic rings. The van der Waals surface area contributed by atoms with E-state index in [1.807, 2.05) is 24.3 Å². The lowest BCUT2D eigenvalue weighted by Crippen LogP contribution is -2.41. The average Bonchev–Trinajstić information content (AvgIpc) is 2.35. The Morgan fingerprint density at radius 2 is 2.21 bits per heavy atom. The SMILES string of the molecule is CCCNCC1(CCOc2cccc(Br)c2)CCC1. The van der Waals surface area contributed by atoms with Gasteiger partial charge in [0.15, 0.2) is 0 Å². The number of benzene rings is 1. The quantitative estimate of drug-likeness (QED) is 0.716. The fourth-order valence-corrected chi connectivity index (χ4v) is 3.04. The van der Waals surface area contributed by atoms with Gasteiger partial charge in [0.1, 0.15) is 5.75 Å². The summed E-state index contributed by atoms with van der Waals surface area (Å²) in [5.41, 5.74) is 0.501. The Labute approximate surface area is 125 Å². The first-order valence-electron chi connectivity index (χ1n) is 7.33. The van der Waals surface area contributed by atoms with Crippen molar-refractivity contribution in [3.63, 3.8) is 0 Å². The molecular formula is C16H24BrNO. The third-order valence-corrected chi connectivity index (χ3v) is 4.53. The topological polar surface area (TPSA) is 21.3 Å². The van der Waals surface area contributed by atoms with E-state index < -0.39 is 0 Å². The summed E-state index contributed by atoms with van der Waals surface area (Å²) >= 11 is 3.47. The first-order chi connectivity index (χ1) is 9.24. The number of ether oxygens (including phenoxy) is 1. The lowest BCUT2D eigenvalue weighted by atomic mass is 9.67. The third-order valence-electron chi connectivity index (χ3n) is 4.04. The van der Waals surface area contributed by atoms with Crippen molar-refractivity contribution in [2.45, 2.75) is 39.0 Å². The fourth-order valence-electron chi connectivity index (χ4n) is 2.66. The molecule has 1 aromatic carbocycles. The zero-order chi connectivity index (χ0) is 13.6. The molecule has 0 aromatic heterocycles. The number of hydrogen-bond acceptors (Lipinski definition) is 2. The van der Waals surface area contributed by atoms with Crippen LogP contribution in [0.2, 0.25) is 0 Å². The summed E-state index contributed by atoms with van der Waals surface area (Å²) in [6.45, 7) is 5.33. The van der Waals surface area contributed by atoms with Gasteiger partial charge in [-0.1, -0.05) is 35.3 Å². The van der Waals surface area contributed by atoms with E-state index in [1.165, 1.54) is 25.7 Å². The standard InChI is InChI=1S/C16H24BrNO/c1-2-10-18-13-16(7-4-8-16)9-11-19-15-6-3-5-14(17)12-15/h3,5-6,12,18H,2,4,7-11,13H2,1H3. The summed E-state index contributed by atoms with van der Waals surface area (Å²) < 4.78 is 6.94. The molecule has 1 fully saturated rings. The van der Waals surface area contributed by atoms with E-state index in [-0.39, 0.29) is 0 Å². The maximum atomic E-state index is 5.87. The number of hydrogen-bond donors (Lipinski definition) is 1. The Hall–Kier alpha value is -0.540. The molecule has 2 nitrogen and oxygen atoms in total. The van der Waals surface area contributed by atoms with Crippen molar-refractivity contribution in [2.75, 3.05) is 19.7 Å². The summed E-state index contributed by atoms with van der Waals surface area (Å²) in [5.74, 6) is 0.963. The van der Waals surface area contributed by atoms with Gasteiger partial charge in [0, 0.05) is 11.0 Å². The summed E-state index contributed by atoms with van der Waals surface area (Å²) in [4.78, 5) is 0. The largest absolute Gasteiger partial charge is 0.494 e. The molecular weight excluding hydrogens is 302 g/mol. The first kappa shape index (κ1) is 14.9. The van der Waals surface area contributed by atoms with Crippen LogP contribution in [0.3, 0.4) is 0 Å². The van der Waals surface area contributed by atoms with Crippen molar-refractivity contribution >= 4 is 15.9 Å². The summed E-state index contributed by atoms with van der Waals surface area (Å²) in [7, 11) is 0. The van der Waals surface area contributed by atoms with Crippen molar-refractivity contribution in [1.82, 2.24) is 5.32 Å². The highest BCUT2D eigenvalue weighted by Crippen LogP contribution is 2.43. The van der Waals surface area contributed by atoms with Crippen LogP contribution < -0.4 is 10.1 Å². The summed E-state index contributed by atoms with van der Waals surface area (Å²) in [6.07, 6.45) is 6.46. The van der Waals surface area contributed by atoms with E-state index in [1.54, 1.807) is 0 Å². The van der Waals surface area contributed by atoms with Crippen LogP contribution in [-0.2, 0) is 0 Å². The molecule has 0 spiro atoms. The highest BCUT2D eigenvalue weighted by Gasteiger charge is 2.36. The van der Waals surface area contributed by atoms with Gasteiger partial charge in [0.05, 0.1) is 6.61 Å². The number of rotatable bonds is 8. The van der Waals surface area contributed by atoms with Crippen molar-refractivity contribution in [3.05, 3.63) is 28.7 Å². The molecule has 1 N–H and O–H groups in total.